The molecule has 2 aromatic heterocycles. The predicted octanol–water partition coefficient (Wildman–Crippen LogP) is 3.30. The van der Waals surface area contributed by atoms with Crippen LogP contribution in [-0.4, -0.2) is 34.5 Å². The number of rotatable bonds is 5. The second kappa shape index (κ2) is 7.09. The SMILES string of the molecule is CC(C)(C)OC(=O)NCCC=Cc1cnc2[nH]cc(C=O)c2c1. The molecule has 0 saturated carbocycles. The van der Waals surface area contributed by atoms with Gasteiger partial charge >= 0.3 is 6.09 Å². The van der Waals surface area contributed by atoms with Gasteiger partial charge in [0.25, 0.3) is 0 Å². The zero-order chi connectivity index (χ0) is 16.9. The maximum Gasteiger partial charge on any atom is 0.407 e. The Morgan fingerprint density at radius 3 is 2.91 bits per heavy atom. The van der Waals surface area contributed by atoms with Crippen LogP contribution in [0.1, 0.15) is 43.1 Å². The first-order valence-corrected chi connectivity index (χ1v) is 7.45. The first-order valence-electron chi connectivity index (χ1n) is 7.45. The summed E-state index contributed by atoms with van der Waals surface area (Å²) in [6.45, 7) is 5.96. The number of carbonyl (C=O) groups excluding carboxylic acids is 2. The summed E-state index contributed by atoms with van der Waals surface area (Å²) >= 11 is 0. The Balaban J connectivity index is 1.86. The molecule has 0 aliphatic rings. The number of fused-ring (bicyclic) bond motifs is 1. The second-order valence-corrected chi connectivity index (χ2v) is 6.15. The van der Waals surface area contributed by atoms with Crippen molar-refractivity contribution in [1.82, 2.24) is 15.3 Å². The molecule has 2 heterocycles. The van der Waals surface area contributed by atoms with Crippen LogP contribution in [0.25, 0.3) is 17.1 Å². The van der Waals surface area contributed by atoms with Crippen molar-refractivity contribution < 1.29 is 14.3 Å². The lowest BCUT2D eigenvalue weighted by atomic mass is 10.1. The van der Waals surface area contributed by atoms with Gasteiger partial charge < -0.3 is 15.0 Å². The van der Waals surface area contributed by atoms with Crippen LogP contribution in [0.5, 0.6) is 0 Å². The van der Waals surface area contributed by atoms with Crippen molar-refractivity contribution in [3.8, 4) is 0 Å². The summed E-state index contributed by atoms with van der Waals surface area (Å²) in [7, 11) is 0. The van der Waals surface area contributed by atoms with Gasteiger partial charge in [-0.1, -0.05) is 12.2 Å². The third-order valence-electron chi connectivity index (χ3n) is 3.00. The third-order valence-corrected chi connectivity index (χ3v) is 3.00. The second-order valence-electron chi connectivity index (χ2n) is 6.15. The molecule has 0 aromatic carbocycles. The molecular weight excluding hydrogens is 294 g/mol. The molecule has 0 atom stereocenters. The summed E-state index contributed by atoms with van der Waals surface area (Å²) in [5.74, 6) is 0. The standard InChI is InChI=1S/C17H21N3O3/c1-17(2,3)23-16(22)18-7-5-4-6-12-8-14-13(11-21)10-20-15(14)19-9-12/h4,6,8-11H,5,7H2,1-3H3,(H,18,22)(H,19,20). The van der Waals surface area contributed by atoms with Crippen molar-refractivity contribution in [1.29, 1.82) is 0 Å². The minimum absolute atomic E-state index is 0.420. The third kappa shape index (κ3) is 4.95. The van der Waals surface area contributed by atoms with Gasteiger partial charge in [0.2, 0.25) is 0 Å². The van der Waals surface area contributed by atoms with Gasteiger partial charge in [0, 0.05) is 29.9 Å². The largest absolute Gasteiger partial charge is 0.444 e. The van der Waals surface area contributed by atoms with E-state index in [1.165, 1.54) is 0 Å². The summed E-state index contributed by atoms with van der Waals surface area (Å²) in [6.07, 6.45) is 8.27. The first kappa shape index (κ1) is 16.7. The van der Waals surface area contributed by atoms with Crippen LogP contribution in [0.15, 0.2) is 24.5 Å². The van der Waals surface area contributed by atoms with Gasteiger partial charge in [0.15, 0.2) is 6.29 Å². The number of H-pyrrole nitrogens is 1. The van der Waals surface area contributed by atoms with E-state index < -0.39 is 11.7 Å². The van der Waals surface area contributed by atoms with E-state index >= 15 is 0 Å². The topological polar surface area (TPSA) is 84.1 Å². The van der Waals surface area contributed by atoms with E-state index in [0.717, 1.165) is 17.2 Å². The summed E-state index contributed by atoms with van der Waals surface area (Å²) in [5.41, 5.74) is 1.69. The van der Waals surface area contributed by atoms with Crippen LogP contribution in [0.2, 0.25) is 0 Å². The highest BCUT2D eigenvalue weighted by Gasteiger charge is 2.15. The van der Waals surface area contributed by atoms with Crippen molar-refractivity contribution in [2.45, 2.75) is 32.8 Å². The predicted molar refractivity (Wildman–Crippen MR) is 89.4 cm³/mol. The van der Waals surface area contributed by atoms with E-state index in [2.05, 4.69) is 15.3 Å². The summed E-state index contributed by atoms with van der Waals surface area (Å²) in [4.78, 5) is 29.6. The molecule has 0 aliphatic carbocycles. The maximum atomic E-state index is 11.5. The number of aldehydes is 1. The number of aromatic nitrogens is 2. The maximum absolute atomic E-state index is 11.5. The van der Waals surface area contributed by atoms with E-state index in [-0.39, 0.29) is 0 Å². The number of pyridine rings is 1. The zero-order valence-corrected chi connectivity index (χ0v) is 13.6. The van der Waals surface area contributed by atoms with Gasteiger partial charge in [-0.3, -0.25) is 4.79 Å². The monoisotopic (exact) mass is 315 g/mol. The lowest BCUT2D eigenvalue weighted by molar-refractivity contribution is 0.0528. The molecule has 122 valence electrons. The molecular formula is C17H21N3O3. The molecule has 0 saturated heterocycles. The molecule has 0 radical (unpaired) electrons. The number of carbonyl (C=O) groups is 2. The van der Waals surface area contributed by atoms with Gasteiger partial charge in [-0.25, -0.2) is 9.78 Å². The molecule has 1 amide bonds. The number of hydrogen-bond donors (Lipinski definition) is 2. The van der Waals surface area contributed by atoms with E-state index in [0.29, 0.717) is 24.2 Å². The van der Waals surface area contributed by atoms with Crippen LogP contribution in [0.4, 0.5) is 4.79 Å². The van der Waals surface area contributed by atoms with Gasteiger partial charge in [-0.2, -0.15) is 0 Å². The van der Waals surface area contributed by atoms with E-state index in [1.54, 1.807) is 12.4 Å². The van der Waals surface area contributed by atoms with Crippen molar-refractivity contribution in [2.75, 3.05) is 6.54 Å². The Morgan fingerprint density at radius 1 is 1.43 bits per heavy atom. The number of amides is 1. The number of nitrogens with one attached hydrogen (secondary N) is 2. The average Bonchev–Trinajstić information content (AvgIpc) is 2.87. The minimum atomic E-state index is -0.492. The van der Waals surface area contributed by atoms with Crippen molar-refractivity contribution in [2.24, 2.45) is 0 Å². The molecule has 2 aromatic rings. The molecule has 23 heavy (non-hydrogen) atoms. The Morgan fingerprint density at radius 2 is 2.22 bits per heavy atom. The quantitative estimate of drug-likeness (QED) is 0.655. The molecule has 6 nitrogen and oxygen atoms in total. The summed E-state index contributed by atoms with van der Waals surface area (Å²) in [6, 6.07) is 1.90. The van der Waals surface area contributed by atoms with Crippen molar-refractivity contribution in [3.05, 3.63) is 35.7 Å². The lowest BCUT2D eigenvalue weighted by Gasteiger charge is -2.19. The normalized spacial score (nSPS) is 11.8. The fraction of sp³-hybridized carbons (Fsp3) is 0.353. The molecule has 2 N–H and O–H groups in total. The van der Waals surface area contributed by atoms with Gasteiger partial charge in [-0.05, 0) is 38.8 Å². The number of alkyl carbamates (subject to hydrolysis) is 1. The van der Waals surface area contributed by atoms with Crippen molar-refractivity contribution in [3.63, 3.8) is 0 Å². The van der Waals surface area contributed by atoms with Crippen molar-refractivity contribution >= 4 is 29.5 Å². The van der Waals surface area contributed by atoms with Crippen LogP contribution >= 0.6 is 0 Å². The molecule has 0 bridgehead atoms. The molecule has 2 rings (SSSR count). The smallest absolute Gasteiger partial charge is 0.407 e. The molecule has 0 unspecified atom stereocenters. The number of hydrogen-bond acceptors (Lipinski definition) is 4. The highest BCUT2D eigenvalue weighted by Crippen LogP contribution is 2.17. The van der Waals surface area contributed by atoms with Gasteiger partial charge in [0.05, 0.1) is 0 Å². The Hall–Kier alpha value is -2.63. The Bertz CT molecular complexity index is 726. The van der Waals surface area contributed by atoms with E-state index in [9.17, 15) is 9.59 Å². The molecule has 0 aliphatic heterocycles. The number of ether oxygens (including phenoxy) is 1. The highest BCUT2D eigenvalue weighted by molar-refractivity contribution is 5.96. The van der Waals surface area contributed by atoms with Crippen LogP contribution in [0.3, 0.4) is 0 Å². The fourth-order valence-electron chi connectivity index (χ4n) is 2.02. The highest BCUT2D eigenvalue weighted by atomic mass is 16.6. The molecule has 6 heteroatoms. The Kier molecular flexibility index (Phi) is 5.16. The molecule has 0 fully saturated rings. The summed E-state index contributed by atoms with van der Waals surface area (Å²) < 4.78 is 5.15. The zero-order valence-electron chi connectivity index (χ0n) is 13.6. The van der Waals surface area contributed by atoms with Crippen LogP contribution < -0.4 is 5.32 Å². The van der Waals surface area contributed by atoms with Crippen LogP contribution in [-0.2, 0) is 4.74 Å². The minimum Gasteiger partial charge on any atom is -0.444 e. The lowest BCUT2D eigenvalue weighted by Crippen LogP contribution is -2.32. The average molecular weight is 315 g/mol. The van der Waals surface area contributed by atoms with E-state index in [4.69, 9.17) is 4.74 Å². The number of nitrogens with zero attached hydrogens (tertiary/aromatic N) is 1. The molecule has 0 spiro atoms. The number of aromatic amines is 1. The van der Waals surface area contributed by atoms with Gasteiger partial charge in [0.1, 0.15) is 11.2 Å². The van der Waals surface area contributed by atoms with Gasteiger partial charge in [-0.15, -0.1) is 0 Å². The van der Waals surface area contributed by atoms with E-state index in [1.807, 2.05) is 39.0 Å². The first-order chi connectivity index (χ1) is 10.9. The summed E-state index contributed by atoms with van der Waals surface area (Å²) in [5, 5.41) is 3.49. The van der Waals surface area contributed by atoms with Crippen LogP contribution in [0, 0.1) is 0 Å². The fourth-order valence-corrected chi connectivity index (χ4v) is 2.02. The Labute approximate surface area is 134 Å².